The Morgan fingerprint density at radius 1 is 1.00 bits per heavy atom. The molecule has 2 aromatic carbocycles. The normalized spacial score (nSPS) is 16.3. The lowest BCUT2D eigenvalue weighted by molar-refractivity contribution is 0.0978. The van der Waals surface area contributed by atoms with Gasteiger partial charge in [0.25, 0.3) is 0 Å². The molecule has 0 unspecified atom stereocenters. The number of carbonyl (C=O) groups is 1. The third-order valence-electron chi connectivity index (χ3n) is 4.63. The first-order valence-electron chi connectivity index (χ1n) is 8.78. The Bertz CT molecular complexity index is 645. The molecule has 1 aliphatic rings. The van der Waals surface area contributed by atoms with E-state index >= 15 is 0 Å². The summed E-state index contributed by atoms with van der Waals surface area (Å²) in [5.74, 6) is 0.272. The van der Waals surface area contributed by atoms with Gasteiger partial charge in [0, 0.05) is 25.1 Å². The van der Waals surface area contributed by atoms with Crippen LogP contribution in [-0.2, 0) is 0 Å². The largest absolute Gasteiger partial charge is 0.315 e. The Morgan fingerprint density at radius 3 is 2.78 bits per heavy atom. The lowest BCUT2D eigenvalue weighted by Crippen LogP contribution is -2.29. The lowest BCUT2D eigenvalue weighted by atomic mass is 10.0. The SMILES string of the molecule is O=C(CCCCN1CCCNCC1)c1ccc2ccccc2c1. The van der Waals surface area contributed by atoms with Crippen molar-refractivity contribution in [3.8, 4) is 0 Å². The fourth-order valence-electron chi connectivity index (χ4n) is 3.25. The number of unbranched alkanes of at least 4 members (excludes halogenated alkanes) is 1. The van der Waals surface area contributed by atoms with Crippen molar-refractivity contribution in [1.82, 2.24) is 10.2 Å². The Labute approximate surface area is 138 Å². The second kappa shape index (κ2) is 8.23. The molecule has 1 saturated heterocycles. The molecule has 0 bridgehead atoms. The van der Waals surface area contributed by atoms with Crippen LogP contribution in [0.25, 0.3) is 10.8 Å². The number of nitrogens with one attached hydrogen (secondary N) is 1. The van der Waals surface area contributed by atoms with Gasteiger partial charge in [0.15, 0.2) is 5.78 Å². The Morgan fingerprint density at radius 2 is 1.87 bits per heavy atom. The molecule has 0 saturated carbocycles. The molecule has 1 N–H and O–H groups in total. The van der Waals surface area contributed by atoms with Crippen molar-refractivity contribution in [3.05, 3.63) is 48.0 Å². The van der Waals surface area contributed by atoms with Crippen molar-refractivity contribution in [2.45, 2.75) is 25.7 Å². The van der Waals surface area contributed by atoms with E-state index in [1.807, 2.05) is 30.3 Å². The number of hydrogen-bond donors (Lipinski definition) is 1. The first-order chi connectivity index (χ1) is 11.3. The highest BCUT2D eigenvalue weighted by molar-refractivity contribution is 5.99. The molecule has 23 heavy (non-hydrogen) atoms. The van der Waals surface area contributed by atoms with Gasteiger partial charge in [-0.3, -0.25) is 4.79 Å². The molecular formula is C20H26N2O. The molecule has 0 radical (unpaired) electrons. The highest BCUT2D eigenvalue weighted by Crippen LogP contribution is 2.17. The summed E-state index contributed by atoms with van der Waals surface area (Å²) in [4.78, 5) is 14.9. The van der Waals surface area contributed by atoms with Gasteiger partial charge < -0.3 is 10.2 Å². The summed E-state index contributed by atoms with van der Waals surface area (Å²) >= 11 is 0. The second-order valence-electron chi connectivity index (χ2n) is 6.39. The zero-order valence-electron chi connectivity index (χ0n) is 13.8. The number of benzene rings is 2. The van der Waals surface area contributed by atoms with Gasteiger partial charge in [-0.25, -0.2) is 0 Å². The zero-order valence-corrected chi connectivity index (χ0v) is 13.8. The van der Waals surface area contributed by atoms with Gasteiger partial charge in [0.05, 0.1) is 0 Å². The van der Waals surface area contributed by atoms with E-state index in [9.17, 15) is 4.79 Å². The fraction of sp³-hybridized carbons (Fsp3) is 0.450. The molecule has 1 heterocycles. The van der Waals surface area contributed by atoms with E-state index in [0.717, 1.165) is 50.0 Å². The summed E-state index contributed by atoms with van der Waals surface area (Å²) in [6.07, 6.45) is 3.98. The second-order valence-corrected chi connectivity index (χ2v) is 6.39. The molecule has 0 spiro atoms. The van der Waals surface area contributed by atoms with Crippen LogP contribution in [0, 0.1) is 0 Å². The first-order valence-corrected chi connectivity index (χ1v) is 8.78. The molecule has 122 valence electrons. The van der Waals surface area contributed by atoms with Crippen molar-refractivity contribution in [1.29, 1.82) is 0 Å². The monoisotopic (exact) mass is 310 g/mol. The maximum Gasteiger partial charge on any atom is 0.162 e. The van der Waals surface area contributed by atoms with Crippen molar-refractivity contribution < 1.29 is 4.79 Å². The predicted molar refractivity (Wildman–Crippen MR) is 96.1 cm³/mol. The van der Waals surface area contributed by atoms with Crippen molar-refractivity contribution in [3.63, 3.8) is 0 Å². The number of nitrogens with zero attached hydrogens (tertiary/aromatic N) is 1. The number of hydrogen-bond acceptors (Lipinski definition) is 3. The highest BCUT2D eigenvalue weighted by Gasteiger charge is 2.09. The van der Waals surface area contributed by atoms with Gasteiger partial charge in [0.2, 0.25) is 0 Å². The lowest BCUT2D eigenvalue weighted by Gasteiger charge is -2.18. The molecule has 0 amide bonds. The predicted octanol–water partition coefficient (Wildman–Crippen LogP) is 3.49. The van der Waals surface area contributed by atoms with Crippen LogP contribution in [0.5, 0.6) is 0 Å². The van der Waals surface area contributed by atoms with Crippen LogP contribution in [0.3, 0.4) is 0 Å². The van der Waals surface area contributed by atoms with Crippen LogP contribution in [0.2, 0.25) is 0 Å². The quantitative estimate of drug-likeness (QED) is 0.655. The third kappa shape index (κ3) is 4.63. The van der Waals surface area contributed by atoms with Crippen molar-refractivity contribution in [2.75, 3.05) is 32.7 Å². The molecule has 1 fully saturated rings. The van der Waals surface area contributed by atoms with E-state index in [2.05, 4.69) is 22.3 Å². The molecular weight excluding hydrogens is 284 g/mol. The topological polar surface area (TPSA) is 32.3 Å². The smallest absolute Gasteiger partial charge is 0.162 e. The summed E-state index contributed by atoms with van der Waals surface area (Å²) < 4.78 is 0. The fourth-order valence-corrected chi connectivity index (χ4v) is 3.25. The molecule has 3 heteroatoms. The summed E-state index contributed by atoms with van der Waals surface area (Å²) in [5.41, 5.74) is 0.850. The Balaban J connectivity index is 1.46. The van der Waals surface area contributed by atoms with Gasteiger partial charge in [-0.2, -0.15) is 0 Å². The first kappa shape index (κ1) is 16.2. The van der Waals surface area contributed by atoms with Crippen LogP contribution in [-0.4, -0.2) is 43.4 Å². The number of carbonyl (C=O) groups excluding carboxylic acids is 1. The van der Waals surface area contributed by atoms with Gasteiger partial charge in [-0.15, -0.1) is 0 Å². The van der Waals surface area contributed by atoms with Crippen molar-refractivity contribution >= 4 is 16.6 Å². The van der Waals surface area contributed by atoms with Gasteiger partial charge in [-0.05, 0) is 55.7 Å². The van der Waals surface area contributed by atoms with E-state index in [-0.39, 0.29) is 5.78 Å². The van der Waals surface area contributed by atoms with Gasteiger partial charge in [-0.1, -0.05) is 36.4 Å². The maximum atomic E-state index is 12.4. The minimum absolute atomic E-state index is 0.272. The molecule has 0 atom stereocenters. The minimum Gasteiger partial charge on any atom is -0.315 e. The zero-order chi connectivity index (χ0) is 15.9. The standard InChI is InChI=1S/C20H26N2O/c23-20(8-3-4-13-22-14-5-11-21-12-15-22)19-10-9-17-6-1-2-7-18(17)16-19/h1-2,6-7,9-10,16,21H,3-5,8,11-15H2. The van der Waals surface area contributed by atoms with Crippen LogP contribution >= 0.6 is 0 Å². The van der Waals surface area contributed by atoms with Gasteiger partial charge in [0.1, 0.15) is 0 Å². The maximum absolute atomic E-state index is 12.4. The average Bonchev–Trinajstić information content (AvgIpc) is 2.87. The number of rotatable bonds is 6. The molecule has 3 nitrogen and oxygen atoms in total. The molecule has 0 aromatic heterocycles. The van der Waals surface area contributed by atoms with Crippen LogP contribution in [0.4, 0.5) is 0 Å². The number of fused-ring (bicyclic) bond motifs is 1. The van der Waals surface area contributed by atoms with E-state index in [0.29, 0.717) is 6.42 Å². The number of Topliss-reactive ketones (excluding diaryl/α,β-unsaturated/α-hetero) is 1. The minimum atomic E-state index is 0.272. The molecule has 3 rings (SSSR count). The molecule has 2 aromatic rings. The summed E-state index contributed by atoms with van der Waals surface area (Å²) in [5, 5.41) is 5.77. The van der Waals surface area contributed by atoms with Gasteiger partial charge >= 0.3 is 0 Å². The van der Waals surface area contributed by atoms with E-state index in [1.165, 1.54) is 18.4 Å². The summed E-state index contributed by atoms with van der Waals surface area (Å²) in [7, 11) is 0. The van der Waals surface area contributed by atoms with E-state index in [1.54, 1.807) is 0 Å². The number of ketones is 1. The highest BCUT2D eigenvalue weighted by atomic mass is 16.1. The summed E-state index contributed by atoms with van der Waals surface area (Å²) in [6, 6.07) is 14.2. The van der Waals surface area contributed by atoms with Crippen molar-refractivity contribution in [2.24, 2.45) is 0 Å². The van der Waals surface area contributed by atoms with E-state index in [4.69, 9.17) is 0 Å². The molecule has 0 aliphatic carbocycles. The molecule has 1 aliphatic heterocycles. The average molecular weight is 310 g/mol. The van der Waals surface area contributed by atoms with Crippen LogP contribution < -0.4 is 5.32 Å². The van der Waals surface area contributed by atoms with Crippen LogP contribution in [0.15, 0.2) is 42.5 Å². The van der Waals surface area contributed by atoms with E-state index < -0.39 is 0 Å². The Hall–Kier alpha value is -1.71. The summed E-state index contributed by atoms with van der Waals surface area (Å²) in [6.45, 7) is 5.67. The Kier molecular flexibility index (Phi) is 5.78. The van der Waals surface area contributed by atoms with Crippen LogP contribution in [0.1, 0.15) is 36.0 Å². The third-order valence-corrected chi connectivity index (χ3v) is 4.63.